The summed E-state index contributed by atoms with van der Waals surface area (Å²) >= 11 is 0. The summed E-state index contributed by atoms with van der Waals surface area (Å²) in [5.41, 5.74) is 9.03. The third-order valence-electron chi connectivity index (χ3n) is 2.89. The lowest BCUT2D eigenvalue weighted by Crippen LogP contribution is -1.96. The van der Waals surface area contributed by atoms with Gasteiger partial charge in [0.1, 0.15) is 5.82 Å². The summed E-state index contributed by atoms with van der Waals surface area (Å²) in [6, 6.07) is 8.00. The highest BCUT2D eigenvalue weighted by Crippen LogP contribution is 2.21. The van der Waals surface area contributed by atoms with Crippen molar-refractivity contribution >= 4 is 11.3 Å². The molecule has 0 spiro atoms. The number of rotatable bonds is 1. The van der Waals surface area contributed by atoms with Crippen molar-refractivity contribution in [2.45, 2.75) is 6.92 Å². The molecule has 4 nitrogen and oxygen atoms in total. The minimum atomic E-state index is -0.275. The third-order valence-corrected chi connectivity index (χ3v) is 2.89. The Kier molecular flexibility index (Phi) is 2.26. The van der Waals surface area contributed by atoms with Crippen LogP contribution in [0.1, 0.15) is 5.56 Å². The van der Waals surface area contributed by atoms with Crippen molar-refractivity contribution in [2.24, 2.45) is 0 Å². The van der Waals surface area contributed by atoms with E-state index in [1.807, 2.05) is 13.0 Å². The lowest BCUT2D eigenvalue weighted by molar-refractivity contribution is 0.628. The van der Waals surface area contributed by atoms with Crippen LogP contribution in [0.15, 0.2) is 36.5 Å². The Hall–Kier alpha value is -2.43. The van der Waals surface area contributed by atoms with Crippen molar-refractivity contribution in [1.29, 1.82) is 0 Å². The lowest BCUT2D eigenvalue weighted by atomic mass is 10.2. The van der Waals surface area contributed by atoms with Crippen LogP contribution >= 0.6 is 0 Å². The molecule has 0 saturated heterocycles. The van der Waals surface area contributed by atoms with E-state index in [9.17, 15) is 4.39 Å². The Labute approximate surface area is 103 Å². The van der Waals surface area contributed by atoms with Gasteiger partial charge >= 0.3 is 0 Å². The predicted molar refractivity (Wildman–Crippen MR) is 67.5 cm³/mol. The first-order valence-corrected chi connectivity index (χ1v) is 5.52. The number of benzene rings is 1. The molecule has 0 bridgehead atoms. The van der Waals surface area contributed by atoms with Crippen LogP contribution in [-0.4, -0.2) is 14.6 Å². The molecule has 1 aromatic carbocycles. The molecule has 90 valence electrons. The number of aromatic nitrogens is 3. The Balaban J connectivity index is 2.23. The number of fused-ring (bicyclic) bond motifs is 1. The third kappa shape index (κ3) is 1.60. The second kappa shape index (κ2) is 3.80. The standard InChI is InChI=1S/C13H11FN4/c1-8-6-12-16-17-13(18(12)7-11(8)15)9-2-4-10(14)5-3-9/h2-7H,15H2,1H3. The molecule has 2 N–H and O–H groups in total. The number of pyridine rings is 1. The van der Waals surface area contributed by atoms with E-state index in [0.29, 0.717) is 11.5 Å². The van der Waals surface area contributed by atoms with Crippen LogP contribution in [0.25, 0.3) is 17.0 Å². The van der Waals surface area contributed by atoms with E-state index in [4.69, 9.17) is 5.73 Å². The highest BCUT2D eigenvalue weighted by molar-refractivity contribution is 5.62. The Morgan fingerprint density at radius 3 is 2.61 bits per heavy atom. The minimum Gasteiger partial charge on any atom is -0.397 e. The number of halogens is 1. The van der Waals surface area contributed by atoms with Gasteiger partial charge in [0, 0.05) is 11.8 Å². The van der Waals surface area contributed by atoms with E-state index < -0.39 is 0 Å². The van der Waals surface area contributed by atoms with Crippen molar-refractivity contribution in [3.05, 3.63) is 47.9 Å². The summed E-state index contributed by atoms with van der Waals surface area (Å²) in [6.45, 7) is 1.92. The molecule has 5 heteroatoms. The van der Waals surface area contributed by atoms with Gasteiger partial charge in [0.25, 0.3) is 0 Å². The number of hydrogen-bond donors (Lipinski definition) is 1. The van der Waals surface area contributed by atoms with Crippen molar-refractivity contribution in [1.82, 2.24) is 14.6 Å². The number of nitrogen functional groups attached to an aromatic ring is 1. The van der Waals surface area contributed by atoms with Crippen LogP contribution in [0.5, 0.6) is 0 Å². The summed E-state index contributed by atoms with van der Waals surface area (Å²) in [6.07, 6.45) is 1.78. The van der Waals surface area contributed by atoms with Crippen LogP contribution in [-0.2, 0) is 0 Å². The normalized spacial score (nSPS) is 11.0. The maximum Gasteiger partial charge on any atom is 0.168 e. The number of nitrogens with zero attached hydrogens (tertiary/aromatic N) is 3. The summed E-state index contributed by atoms with van der Waals surface area (Å²) in [4.78, 5) is 0. The molecule has 2 heterocycles. The van der Waals surface area contributed by atoms with E-state index in [-0.39, 0.29) is 5.82 Å². The van der Waals surface area contributed by atoms with Crippen molar-refractivity contribution in [3.8, 4) is 11.4 Å². The summed E-state index contributed by atoms with van der Waals surface area (Å²) in [5, 5.41) is 8.20. The van der Waals surface area contributed by atoms with Crippen LogP contribution in [0, 0.1) is 12.7 Å². The van der Waals surface area contributed by atoms with Crippen LogP contribution in [0.3, 0.4) is 0 Å². The van der Waals surface area contributed by atoms with Crippen molar-refractivity contribution in [3.63, 3.8) is 0 Å². The largest absolute Gasteiger partial charge is 0.397 e. The first-order chi connectivity index (χ1) is 8.65. The fraction of sp³-hybridized carbons (Fsp3) is 0.0769. The second-order valence-corrected chi connectivity index (χ2v) is 4.17. The number of hydrogen-bond acceptors (Lipinski definition) is 3. The molecule has 2 aromatic heterocycles. The topological polar surface area (TPSA) is 56.2 Å². The monoisotopic (exact) mass is 242 g/mol. The van der Waals surface area contributed by atoms with Gasteiger partial charge < -0.3 is 5.73 Å². The highest BCUT2D eigenvalue weighted by atomic mass is 19.1. The van der Waals surface area contributed by atoms with E-state index in [1.165, 1.54) is 12.1 Å². The summed E-state index contributed by atoms with van der Waals surface area (Å²) < 4.78 is 14.7. The molecule has 0 saturated carbocycles. The maximum absolute atomic E-state index is 12.9. The number of nitrogens with two attached hydrogens (primary N) is 1. The van der Waals surface area contributed by atoms with E-state index in [1.54, 1.807) is 22.7 Å². The smallest absolute Gasteiger partial charge is 0.168 e. The molecule has 3 aromatic rings. The molecule has 0 aliphatic heterocycles. The zero-order valence-corrected chi connectivity index (χ0v) is 9.76. The van der Waals surface area contributed by atoms with E-state index in [2.05, 4.69) is 10.2 Å². The first kappa shape index (κ1) is 10.7. The van der Waals surface area contributed by atoms with Gasteiger partial charge in [-0.1, -0.05) is 0 Å². The predicted octanol–water partition coefficient (Wildman–Crippen LogP) is 2.43. The second-order valence-electron chi connectivity index (χ2n) is 4.17. The number of anilines is 1. The molecule has 0 fully saturated rings. The SMILES string of the molecule is Cc1cc2nnc(-c3ccc(F)cc3)n2cc1N. The van der Waals surface area contributed by atoms with Gasteiger partial charge in [-0.3, -0.25) is 4.40 Å². The molecule has 0 amide bonds. The molecule has 18 heavy (non-hydrogen) atoms. The molecular formula is C13H11FN4. The maximum atomic E-state index is 12.9. The van der Waals surface area contributed by atoms with Gasteiger partial charge in [0.05, 0.1) is 5.69 Å². The van der Waals surface area contributed by atoms with Crippen LogP contribution < -0.4 is 5.73 Å². The van der Waals surface area contributed by atoms with Crippen LogP contribution in [0.4, 0.5) is 10.1 Å². The Bertz CT molecular complexity index is 716. The Morgan fingerprint density at radius 2 is 1.89 bits per heavy atom. The van der Waals surface area contributed by atoms with Crippen molar-refractivity contribution in [2.75, 3.05) is 5.73 Å². The van der Waals surface area contributed by atoms with Crippen LogP contribution in [0.2, 0.25) is 0 Å². The molecule has 0 aliphatic carbocycles. The first-order valence-electron chi connectivity index (χ1n) is 5.52. The molecule has 3 rings (SSSR count). The van der Waals surface area contributed by atoms with Gasteiger partial charge in [-0.25, -0.2) is 4.39 Å². The fourth-order valence-electron chi connectivity index (χ4n) is 1.84. The molecule has 0 aliphatic rings. The fourth-order valence-corrected chi connectivity index (χ4v) is 1.84. The molecule has 0 atom stereocenters. The summed E-state index contributed by atoms with van der Waals surface area (Å²) in [7, 11) is 0. The number of aryl methyl sites for hydroxylation is 1. The molecule has 0 unspecified atom stereocenters. The Morgan fingerprint density at radius 1 is 1.17 bits per heavy atom. The van der Waals surface area contributed by atoms with Gasteiger partial charge in [0.2, 0.25) is 0 Å². The zero-order valence-electron chi connectivity index (χ0n) is 9.76. The molecule has 0 radical (unpaired) electrons. The van der Waals surface area contributed by atoms with Gasteiger partial charge in [-0.05, 0) is 42.8 Å². The molecular weight excluding hydrogens is 231 g/mol. The lowest BCUT2D eigenvalue weighted by Gasteiger charge is -2.03. The minimum absolute atomic E-state index is 0.275. The van der Waals surface area contributed by atoms with Crippen molar-refractivity contribution < 1.29 is 4.39 Å². The quantitative estimate of drug-likeness (QED) is 0.713. The van der Waals surface area contributed by atoms with Gasteiger partial charge in [-0.2, -0.15) is 0 Å². The summed E-state index contributed by atoms with van der Waals surface area (Å²) in [5.74, 6) is 0.375. The average molecular weight is 242 g/mol. The van der Waals surface area contributed by atoms with E-state index in [0.717, 1.165) is 16.8 Å². The van der Waals surface area contributed by atoms with E-state index >= 15 is 0 Å². The van der Waals surface area contributed by atoms with Gasteiger partial charge in [0.15, 0.2) is 11.5 Å². The zero-order chi connectivity index (χ0) is 12.7. The van der Waals surface area contributed by atoms with Gasteiger partial charge in [-0.15, -0.1) is 10.2 Å². The average Bonchev–Trinajstić information content (AvgIpc) is 2.74. The highest BCUT2D eigenvalue weighted by Gasteiger charge is 2.09.